The van der Waals surface area contributed by atoms with Crippen molar-refractivity contribution >= 4 is 5.91 Å². The summed E-state index contributed by atoms with van der Waals surface area (Å²) < 4.78 is 0. The molecule has 0 spiro atoms. The molecule has 1 amide bonds. The fourth-order valence-corrected chi connectivity index (χ4v) is 1.34. The summed E-state index contributed by atoms with van der Waals surface area (Å²) in [7, 11) is 0. The average molecular weight is 206 g/mol. The molecule has 3 heteroatoms. The second-order valence-corrected chi connectivity index (χ2v) is 3.46. The number of hydrogen-bond donors (Lipinski definition) is 1. The van der Waals surface area contributed by atoms with Crippen LogP contribution >= 0.6 is 0 Å². The molecule has 0 aliphatic carbocycles. The van der Waals surface area contributed by atoms with Crippen molar-refractivity contribution in [2.45, 2.75) is 39.5 Å². The van der Waals surface area contributed by atoms with Crippen molar-refractivity contribution in [3.63, 3.8) is 0 Å². The molecular weight excluding hydrogens is 188 g/mol. The molecule has 3 nitrogen and oxygen atoms in total. The Kier molecular flexibility index (Phi) is 6.22. The number of carbonyl (C=O) groups is 1. The van der Waals surface area contributed by atoms with Crippen LogP contribution in [0.2, 0.25) is 0 Å². The van der Waals surface area contributed by atoms with E-state index in [-0.39, 0.29) is 5.91 Å². The minimum Gasteiger partial charge on any atom is -0.355 e. The van der Waals surface area contributed by atoms with E-state index in [1.165, 1.54) is 0 Å². The molecule has 0 radical (unpaired) electrons. The molecule has 0 saturated carbocycles. The first-order valence-corrected chi connectivity index (χ1v) is 5.29. The van der Waals surface area contributed by atoms with Gasteiger partial charge >= 0.3 is 0 Å². The van der Waals surface area contributed by atoms with Crippen molar-refractivity contribution in [3.05, 3.63) is 0 Å². The first kappa shape index (κ1) is 13.5. The minimum absolute atomic E-state index is 0.174. The van der Waals surface area contributed by atoms with Gasteiger partial charge in [-0.15, -0.1) is 12.3 Å². The van der Waals surface area contributed by atoms with E-state index >= 15 is 0 Å². The fraction of sp³-hybridized carbons (Fsp3) is 0.667. The summed E-state index contributed by atoms with van der Waals surface area (Å²) in [5.74, 6) is 2.33. The first-order chi connectivity index (χ1) is 7.16. The van der Waals surface area contributed by atoms with Crippen LogP contribution in [-0.4, -0.2) is 12.5 Å². The number of amides is 1. The number of unbranched alkanes of at least 4 members (excludes halogenated alkanes) is 1. The smallest absolute Gasteiger partial charge is 0.240 e. The zero-order chi connectivity index (χ0) is 11.7. The highest BCUT2D eigenvalue weighted by molar-refractivity contribution is 5.85. The van der Waals surface area contributed by atoms with Gasteiger partial charge in [0.25, 0.3) is 0 Å². The molecule has 0 rings (SSSR count). The fourth-order valence-electron chi connectivity index (χ4n) is 1.34. The number of nitriles is 1. The molecule has 0 aliphatic rings. The quantitative estimate of drug-likeness (QED) is 0.532. The number of carbonyl (C=O) groups excluding carboxylic acids is 1. The number of nitrogens with one attached hydrogen (secondary N) is 1. The van der Waals surface area contributed by atoms with Crippen LogP contribution in [-0.2, 0) is 4.79 Å². The van der Waals surface area contributed by atoms with Gasteiger partial charge in [0.15, 0.2) is 0 Å². The summed E-state index contributed by atoms with van der Waals surface area (Å²) >= 11 is 0. The largest absolute Gasteiger partial charge is 0.355 e. The summed E-state index contributed by atoms with van der Waals surface area (Å²) in [6.45, 7) is 4.26. The van der Waals surface area contributed by atoms with Crippen molar-refractivity contribution in [1.82, 2.24) is 5.32 Å². The van der Waals surface area contributed by atoms with Gasteiger partial charge in [0.05, 0.1) is 6.07 Å². The third-order valence-electron chi connectivity index (χ3n) is 2.64. The molecule has 0 aromatic rings. The highest BCUT2D eigenvalue weighted by Crippen LogP contribution is 2.25. The van der Waals surface area contributed by atoms with Crippen LogP contribution in [0, 0.1) is 29.1 Å². The van der Waals surface area contributed by atoms with Crippen molar-refractivity contribution in [1.29, 1.82) is 5.26 Å². The van der Waals surface area contributed by atoms with Crippen LogP contribution in [0.25, 0.3) is 0 Å². The van der Waals surface area contributed by atoms with E-state index in [0.29, 0.717) is 25.8 Å². The Morgan fingerprint density at radius 1 is 1.47 bits per heavy atom. The van der Waals surface area contributed by atoms with Crippen LogP contribution in [0.5, 0.6) is 0 Å². The molecular formula is C12H18N2O. The second-order valence-electron chi connectivity index (χ2n) is 3.46. The molecule has 0 aliphatic heterocycles. The van der Waals surface area contributed by atoms with Gasteiger partial charge in [0, 0.05) is 13.0 Å². The van der Waals surface area contributed by atoms with E-state index in [1.54, 1.807) is 0 Å². The van der Waals surface area contributed by atoms with Gasteiger partial charge in [-0.05, 0) is 19.3 Å². The van der Waals surface area contributed by atoms with Crippen molar-refractivity contribution in [3.8, 4) is 18.4 Å². The molecule has 0 fully saturated rings. The maximum Gasteiger partial charge on any atom is 0.240 e. The molecule has 0 bridgehead atoms. The second kappa shape index (κ2) is 6.90. The average Bonchev–Trinajstić information content (AvgIpc) is 2.28. The third kappa shape index (κ3) is 3.64. The topological polar surface area (TPSA) is 52.9 Å². The van der Waals surface area contributed by atoms with E-state index in [4.69, 9.17) is 11.7 Å². The number of rotatable bonds is 6. The van der Waals surface area contributed by atoms with Gasteiger partial charge in [-0.1, -0.05) is 13.8 Å². The monoisotopic (exact) mass is 206 g/mol. The maximum absolute atomic E-state index is 11.7. The third-order valence-corrected chi connectivity index (χ3v) is 2.64. The number of nitrogens with zero attached hydrogens (tertiary/aromatic N) is 1. The Hall–Kier alpha value is -1.48. The Morgan fingerprint density at radius 2 is 2.07 bits per heavy atom. The van der Waals surface area contributed by atoms with Gasteiger partial charge in [-0.3, -0.25) is 4.79 Å². The standard InChI is InChI=1S/C12H18N2O/c1-4-7-8-9-14-11(15)12(5-2,6-3)10-13/h1H,5-9H2,2-3H3,(H,14,15). The molecule has 82 valence electrons. The van der Waals surface area contributed by atoms with E-state index in [2.05, 4.69) is 17.3 Å². The first-order valence-electron chi connectivity index (χ1n) is 5.29. The van der Waals surface area contributed by atoms with Crippen molar-refractivity contribution < 1.29 is 4.79 Å². The lowest BCUT2D eigenvalue weighted by molar-refractivity contribution is -0.128. The highest BCUT2D eigenvalue weighted by atomic mass is 16.2. The molecule has 1 N–H and O–H groups in total. The Morgan fingerprint density at radius 3 is 2.47 bits per heavy atom. The summed E-state index contributed by atoms with van der Waals surface area (Å²) in [4.78, 5) is 11.7. The molecule has 15 heavy (non-hydrogen) atoms. The van der Waals surface area contributed by atoms with Gasteiger partial charge in [0.2, 0.25) is 5.91 Å². The van der Waals surface area contributed by atoms with Gasteiger partial charge < -0.3 is 5.32 Å². The van der Waals surface area contributed by atoms with Crippen LogP contribution in [0.15, 0.2) is 0 Å². The lowest BCUT2D eigenvalue weighted by Crippen LogP contribution is -2.39. The lowest BCUT2D eigenvalue weighted by Gasteiger charge is -2.21. The predicted molar refractivity (Wildman–Crippen MR) is 59.7 cm³/mol. The molecule has 0 aromatic carbocycles. The SMILES string of the molecule is C#CCCCNC(=O)C(C#N)(CC)CC. The van der Waals surface area contributed by atoms with Gasteiger partial charge in [-0.2, -0.15) is 5.26 Å². The minimum atomic E-state index is -0.865. The zero-order valence-corrected chi connectivity index (χ0v) is 9.47. The van der Waals surface area contributed by atoms with Crippen LogP contribution in [0.3, 0.4) is 0 Å². The Labute approximate surface area is 91.9 Å². The van der Waals surface area contributed by atoms with Gasteiger partial charge in [0.1, 0.15) is 5.41 Å². The summed E-state index contributed by atoms with van der Waals surface area (Å²) in [6.07, 6.45) is 7.59. The number of hydrogen-bond acceptors (Lipinski definition) is 2. The van der Waals surface area contributed by atoms with Crippen molar-refractivity contribution in [2.24, 2.45) is 5.41 Å². The molecule has 0 unspecified atom stereocenters. The van der Waals surface area contributed by atoms with E-state index in [1.807, 2.05) is 13.8 Å². The molecule has 0 heterocycles. The van der Waals surface area contributed by atoms with Crippen LogP contribution in [0.1, 0.15) is 39.5 Å². The van der Waals surface area contributed by atoms with Crippen LogP contribution in [0.4, 0.5) is 0 Å². The van der Waals surface area contributed by atoms with E-state index in [9.17, 15) is 4.79 Å². The summed E-state index contributed by atoms with van der Waals surface area (Å²) in [5, 5.41) is 11.8. The zero-order valence-electron chi connectivity index (χ0n) is 9.47. The van der Waals surface area contributed by atoms with Crippen molar-refractivity contribution in [2.75, 3.05) is 6.54 Å². The van der Waals surface area contributed by atoms with E-state index in [0.717, 1.165) is 6.42 Å². The normalized spacial score (nSPS) is 10.1. The number of terminal acetylenes is 1. The highest BCUT2D eigenvalue weighted by Gasteiger charge is 2.34. The van der Waals surface area contributed by atoms with E-state index < -0.39 is 5.41 Å². The van der Waals surface area contributed by atoms with Crippen LogP contribution < -0.4 is 5.32 Å². The Balaban J connectivity index is 4.19. The Bertz CT molecular complexity index is 279. The lowest BCUT2D eigenvalue weighted by atomic mass is 9.83. The van der Waals surface area contributed by atoms with Gasteiger partial charge in [-0.25, -0.2) is 0 Å². The predicted octanol–water partition coefficient (Wildman–Crippen LogP) is 1.85. The summed E-state index contributed by atoms with van der Waals surface area (Å²) in [6, 6.07) is 2.10. The molecule has 0 saturated heterocycles. The molecule has 0 atom stereocenters. The molecule has 0 aromatic heterocycles. The maximum atomic E-state index is 11.7. The summed E-state index contributed by atoms with van der Waals surface area (Å²) in [5.41, 5.74) is -0.865.